The Balaban J connectivity index is 0.843. The first kappa shape index (κ1) is 40.7. The minimum Gasteiger partial charge on any atom is -0.507 e. The van der Waals surface area contributed by atoms with Crippen LogP contribution in [0.1, 0.15) is 44.0 Å². The molecule has 0 unspecified atom stereocenters. The van der Waals surface area contributed by atoms with Gasteiger partial charge in [-0.25, -0.2) is 9.78 Å². The second-order valence-electron chi connectivity index (χ2n) is 16.2. The Bertz CT molecular complexity index is 2160. The molecule has 7 rings (SSSR count). The molecule has 306 valence electrons. The lowest BCUT2D eigenvalue weighted by molar-refractivity contribution is 0.0198. The number of likely N-dealkylation sites (tertiary alicyclic amines) is 1. The lowest BCUT2D eigenvalue weighted by Crippen LogP contribution is -2.54. The van der Waals surface area contributed by atoms with Crippen molar-refractivity contribution in [2.24, 2.45) is 0 Å². The minimum absolute atomic E-state index is 0.170. The standard InChI is InChI=1S/C44H55N9O4S/c1-30-41(58-29-47-30)32-13-14-33(25-46-43(55)57-44(2,3)4)38(23-32)50(5)17-8-18-52-27-35(28-52)56-34-15-11-31(12-16-34)26-51-19-21-53(22-20-51)39-24-37(48-49-42(39)45)36-9-6-7-10-40(36)54/h6-7,9-16,23-24,29,35,54H,8,17-22,25-28H2,1-5H3,(H2,45,49)(H,46,55). The van der Waals surface area contributed by atoms with E-state index in [-0.39, 0.29) is 11.9 Å². The Hall–Kier alpha value is -5.44. The zero-order valence-electron chi connectivity index (χ0n) is 34.1. The number of nitrogens with two attached hydrogens (primary N) is 1. The first-order valence-electron chi connectivity index (χ1n) is 20.0. The zero-order chi connectivity index (χ0) is 40.8. The number of amides is 1. The van der Waals surface area contributed by atoms with E-state index in [4.69, 9.17) is 15.2 Å². The molecule has 3 aromatic carbocycles. The summed E-state index contributed by atoms with van der Waals surface area (Å²) in [6, 6.07) is 24.0. The van der Waals surface area contributed by atoms with Crippen molar-refractivity contribution in [3.8, 4) is 33.2 Å². The molecule has 2 aromatic heterocycles. The number of ether oxygens (including phenoxy) is 2. The van der Waals surface area contributed by atoms with Crippen molar-refractivity contribution in [3.63, 3.8) is 0 Å². The number of aromatic nitrogens is 3. The second-order valence-corrected chi connectivity index (χ2v) is 17.0. The number of nitrogens with one attached hydrogen (secondary N) is 1. The summed E-state index contributed by atoms with van der Waals surface area (Å²) in [7, 11) is 2.12. The number of hydrogen-bond acceptors (Lipinski definition) is 13. The quantitative estimate of drug-likeness (QED) is 0.109. The molecule has 0 radical (unpaired) electrons. The second kappa shape index (κ2) is 18.0. The highest BCUT2D eigenvalue weighted by atomic mass is 32.1. The summed E-state index contributed by atoms with van der Waals surface area (Å²) in [5.41, 5.74) is 15.2. The van der Waals surface area contributed by atoms with Crippen molar-refractivity contribution in [1.82, 2.24) is 30.3 Å². The molecule has 58 heavy (non-hydrogen) atoms. The average molecular weight is 806 g/mol. The van der Waals surface area contributed by atoms with E-state index in [1.165, 1.54) is 5.56 Å². The van der Waals surface area contributed by atoms with Gasteiger partial charge in [-0.3, -0.25) is 9.80 Å². The Morgan fingerprint density at radius 1 is 1.00 bits per heavy atom. The maximum absolute atomic E-state index is 12.4. The first-order valence-corrected chi connectivity index (χ1v) is 20.8. The number of rotatable bonds is 14. The molecule has 4 N–H and O–H groups in total. The van der Waals surface area contributed by atoms with Crippen LogP contribution in [0.2, 0.25) is 0 Å². The van der Waals surface area contributed by atoms with Gasteiger partial charge >= 0.3 is 6.09 Å². The molecule has 1 amide bonds. The third kappa shape index (κ3) is 10.3. The normalized spacial score (nSPS) is 15.2. The molecule has 5 aromatic rings. The average Bonchev–Trinajstić information content (AvgIpc) is 3.62. The van der Waals surface area contributed by atoms with Crippen LogP contribution < -0.4 is 25.6 Å². The Morgan fingerprint density at radius 2 is 1.76 bits per heavy atom. The number of nitrogen functional groups attached to an aromatic ring is 1. The van der Waals surface area contributed by atoms with Gasteiger partial charge in [-0.1, -0.05) is 36.4 Å². The molecular weight excluding hydrogens is 751 g/mol. The van der Waals surface area contributed by atoms with Crippen LogP contribution in [0.25, 0.3) is 21.7 Å². The van der Waals surface area contributed by atoms with Gasteiger partial charge in [0.2, 0.25) is 0 Å². The number of carbonyl (C=O) groups is 1. The van der Waals surface area contributed by atoms with Crippen molar-refractivity contribution in [2.45, 2.75) is 58.9 Å². The fourth-order valence-electron chi connectivity index (χ4n) is 7.44. The minimum atomic E-state index is -0.554. The van der Waals surface area contributed by atoms with E-state index in [0.717, 1.165) is 104 Å². The Labute approximate surface area is 345 Å². The van der Waals surface area contributed by atoms with Crippen LogP contribution >= 0.6 is 11.3 Å². The predicted octanol–water partition coefficient (Wildman–Crippen LogP) is 6.80. The predicted molar refractivity (Wildman–Crippen MR) is 232 cm³/mol. The molecule has 14 heteroatoms. The molecule has 4 heterocycles. The van der Waals surface area contributed by atoms with Gasteiger partial charge in [0.15, 0.2) is 5.82 Å². The zero-order valence-corrected chi connectivity index (χ0v) is 35.0. The van der Waals surface area contributed by atoms with Gasteiger partial charge in [-0.2, -0.15) is 0 Å². The van der Waals surface area contributed by atoms with Gasteiger partial charge in [0, 0.05) is 83.7 Å². The number of anilines is 3. The van der Waals surface area contributed by atoms with Crippen molar-refractivity contribution >= 4 is 34.6 Å². The molecule has 2 fully saturated rings. The Kier molecular flexibility index (Phi) is 12.6. The van der Waals surface area contributed by atoms with Crippen LogP contribution in [-0.4, -0.2) is 107 Å². The molecule has 0 saturated carbocycles. The fourth-order valence-corrected chi connectivity index (χ4v) is 8.24. The fraction of sp³-hybridized carbons (Fsp3) is 0.409. The van der Waals surface area contributed by atoms with Crippen LogP contribution in [0.5, 0.6) is 11.5 Å². The van der Waals surface area contributed by atoms with Gasteiger partial charge in [-0.15, -0.1) is 21.5 Å². The number of para-hydroxylation sites is 1. The number of phenolic OH excluding ortho intramolecular Hbond substituents is 1. The van der Waals surface area contributed by atoms with Crippen LogP contribution in [0.4, 0.5) is 22.0 Å². The summed E-state index contributed by atoms with van der Waals surface area (Å²) in [4.78, 5) is 27.5. The summed E-state index contributed by atoms with van der Waals surface area (Å²) in [6.07, 6.45) is 0.762. The van der Waals surface area contributed by atoms with Gasteiger partial charge in [-0.05, 0) is 87.2 Å². The number of aryl methyl sites for hydroxylation is 1. The van der Waals surface area contributed by atoms with Gasteiger partial charge in [0.05, 0.1) is 27.5 Å². The highest BCUT2D eigenvalue weighted by Gasteiger charge is 2.28. The maximum atomic E-state index is 12.4. The highest BCUT2D eigenvalue weighted by molar-refractivity contribution is 7.13. The third-order valence-electron chi connectivity index (χ3n) is 10.5. The van der Waals surface area contributed by atoms with Gasteiger partial charge < -0.3 is 35.4 Å². The lowest BCUT2D eigenvalue weighted by Gasteiger charge is -2.39. The van der Waals surface area contributed by atoms with Crippen molar-refractivity contribution in [1.29, 1.82) is 0 Å². The van der Waals surface area contributed by atoms with E-state index in [1.54, 1.807) is 23.5 Å². The summed E-state index contributed by atoms with van der Waals surface area (Å²) in [5, 5.41) is 21.7. The topological polar surface area (TPSA) is 145 Å². The Morgan fingerprint density at radius 3 is 2.47 bits per heavy atom. The molecular formula is C44H55N9O4S. The van der Waals surface area contributed by atoms with Crippen molar-refractivity contribution in [2.75, 3.05) is 74.9 Å². The van der Waals surface area contributed by atoms with E-state index < -0.39 is 11.7 Å². The lowest BCUT2D eigenvalue weighted by atomic mass is 10.1. The molecule has 13 nitrogen and oxygen atoms in total. The number of hydrogen-bond donors (Lipinski definition) is 3. The molecule has 0 aliphatic carbocycles. The number of piperazine rings is 1. The summed E-state index contributed by atoms with van der Waals surface area (Å²) < 4.78 is 11.8. The molecule has 2 aliphatic heterocycles. The smallest absolute Gasteiger partial charge is 0.407 e. The van der Waals surface area contributed by atoms with Crippen molar-refractivity contribution in [3.05, 3.63) is 95.1 Å². The van der Waals surface area contributed by atoms with Gasteiger partial charge in [0.1, 0.15) is 23.2 Å². The monoisotopic (exact) mass is 805 g/mol. The number of benzene rings is 3. The molecule has 0 spiro atoms. The molecule has 2 saturated heterocycles. The van der Waals surface area contributed by atoms with Crippen molar-refractivity contribution < 1.29 is 19.4 Å². The highest BCUT2D eigenvalue weighted by Crippen LogP contribution is 2.34. The number of nitrogens with zero attached hydrogens (tertiary/aromatic N) is 7. The van der Waals surface area contributed by atoms with Crippen LogP contribution in [0.3, 0.4) is 0 Å². The molecule has 2 aliphatic rings. The summed E-state index contributed by atoms with van der Waals surface area (Å²) in [5.74, 6) is 1.47. The molecule has 0 atom stereocenters. The number of phenols is 1. The largest absolute Gasteiger partial charge is 0.507 e. The van der Waals surface area contributed by atoms with Gasteiger partial charge in [0.25, 0.3) is 0 Å². The van der Waals surface area contributed by atoms with Crippen LogP contribution in [-0.2, 0) is 17.8 Å². The SMILES string of the molecule is Cc1ncsc1-c1ccc(CNC(=O)OC(C)(C)C)c(N(C)CCCN2CC(Oc3ccc(CN4CCN(c5cc(-c6ccccc6O)nnc5N)CC4)cc3)C2)c1. The van der Waals surface area contributed by atoms with E-state index >= 15 is 0 Å². The van der Waals surface area contributed by atoms with E-state index in [1.807, 2.05) is 51.4 Å². The maximum Gasteiger partial charge on any atom is 0.407 e. The van der Waals surface area contributed by atoms with Crippen LogP contribution in [0.15, 0.2) is 78.3 Å². The number of thiazole rings is 1. The number of alkyl carbamates (subject to hydrolysis) is 1. The number of aromatic hydroxyl groups is 1. The van der Waals surface area contributed by atoms with E-state index in [2.05, 4.69) is 89.6 Å². The first-order chi connectivity index (χ1) is 27.9. The summed E-state index contributed by atoms with van der Waals surface area (Å²) in [6.45, 7) is 16.0. The number of carbonyl (C=O) groups excluding carboxylic acids is 1. The summed E-state index contributed by atoms with van der Waals surface area (Å²) >= 11 is 1.64. The molecule has 0 bridgehead atoms. The third-order valence-corrected chi connectivity index (χ3v) is 11.5. The van der Waals surface area contributed by atoms with Crippen LogP contribution in [0, 0.1) is 6.92 Å². The van der Waals surface area contributed by atoms with E-state index in [0.29, 0.717) is 23.6 Å². The van der Waals surface area contributed by atoms with E-state index in [9.17, 15) is 9.90 Å².